The summed E-state index contributed by atoms with van der Waals surface area (Å²) in [6, 6.07) is 18.8. The lowest BCUT2D eigenvalue weighted by Gasteiger charge is -2.09. The summed E-state index contributed by atoms with van der Waals surface area (Å²) in [6.07, 6.45) is 0. The van der Waals surface area contributed by atoms with Gasteiger partial charge in [0.1, 0.15) is 0 Å². The fourth-order valence-electron chi connectivity index (χ4n) is 2.80. The normalized spacial score (nSPS) is 11.9. The van der Waals surface area contributed by atoms with Crippen molar-refractivity contribution in [1.82, 2.24) is 0 Å². The average Bonchev–Trinajstić information content (AvgIpc) is 3.17. The standard InChI is InChI=1S/C21H14ClNO4/c22-17-10-15(11-18-20(17)27-12-26-18)21(25)23-16-8-4-7-14(9-16)19(24)13-5-2-1-3-6-13/h1-11H,12H2,(H,23,25). The van der Waals surface area contributed by atoms with Crippen LogP contribution in [-0.4, -0.2) is 18.5 Å². The van der Waals surface area contributed by atoms with Crippen LogP contribution in [0.1, 0.15) is 26.3 Å². The molecule has 1 aliphatic heterocycles. The van der Waals surface area contributed by atoms with Gasteiger partial charge in [-0.15, -0.1) is 0 Å². The second-order valence-electron chi connectivity index (χ2n) is 5.92. The number of carbonyl (C=O) groups excluding carboxylic acids is 2. The van der Waals surface area contributed by atoms with Crippen LogP contribution >= 0.6 is 11.6 Å². The number of nitrogens with one attached hydrogen (secondary N) is 1. The van der Waals surface area contributed by atoms with Gasteiger partial charge >= 0.3 is 0 Å². The fourth-order valence-corrected chi connectivity index (χ4v) is 3.06. The molecular weight excluding hydrogens is 366 g/mol. The van der Waals surface area contributed by atoms with Crippen molar-refractivity contribution in [2.45, 2.75) is 0 Å². The van der Waals surface area contributed by atoms with E-state index in [4.69, 9.17) is 21.1 Å². The van der Waals surface area contributed by atoms with Crippen LogP contribution in [0, 0.1) is 0 Å². The molecule has 1 N–H and O–H groups in total. The lowest BCUT2D eigenvalue weighted by Crippen LogP contribution is -2.12. The molecule has 1 amide bonds. The number of ketones is 1. The highest BCUT2D eigenvalue weighted by Gasteiger charge is 2.21. The molecular formula is C21H14ClNO4. The maximum absolute atomic E-state index is 12.6. The van der Waals surface area contributed by atoms with Crippen molar-refractivity contribution in [2.24, 2.45) is 0 Å². The molecule has 0 radical (unpaired) electrons. The second kappa shape index (κ2) is 7.13. The smallest absolute Gasteiger partial charge is 0.255 e. The number of hydrogen-bond donors (Lipinski definition) is 1. The number of halogens is 1. The molecule has 1 heterocycles. The Hall–Kier alpha value is -3.31. The number of benzene rings is 3. The molecule has 0 saturated carbocycles. The molecule has 0 aliphatic carbocycles. The highest BCUT2D eigenvalue weighted by atomic mass is 35.5. The summed E-state index contributed by atoms with van der Waals surface area (Å²) in [7, 11) is 0. The van der Waals surface area contributed by atoms with Crippen LogP contribution in [0.25, 0.3) is 0 Å². The highest BCUT2D eigenvalue weighted by Crippen LogP contribution is 2.39. The van der Waals surface area contributed by atoms with E-state index in [0.717, 1.165) is 0 Å². The second-order valence-corrected chi connectivity index (χ2v) is 6.33. The monoisotopic (exact) mass is 379 g/mol. The number of amides is 1. The molecule has 3 aromatic rings. The summed E-state index contributed by atoms with van der Waals surface area (Å²) in [6.45, 7) is 0.0732. The third-order valence-corrected chi connectivity index (χ3v) is 4.39. The largest absolute Gasteiger partial charge is 0.454 e. The number of fused-ring (bicyclic) bond motifs is 1. The van der Waals surface area contributed by atoms with Gasteiger partial charge in [0.2, 0.25) is 6.79 Å². The van der Waals surface area contributed by atoms with Crippen molar-refractivity contribution in [2.75, 3.05) is 12.1 Å². The Balaban J connectivity index is 1.56. The van der Waals surface area contributed by atoms with Crippen molar-refractivity contribution >= 4 is 29.0 Å². The van der Waals surface area contributed by atoms with Gasteiger partial charge in [-0.2, -0.15) is 0 Å². The molecule has 6 heteroatoms. The van der Waals surface area contributed by atoms with Gasteiger partial charge in [-0.05, 0) is 24.3 Å². The molecule has 134 valence electrons. The van der Waals surface area contributed by atoms with E-state index in [0.29, 0.717) is 38.9 Å². The van der Waals surface area contributed by atoms with E-state index in [1.54, 1.807) is 42.5 Å². The van der Waals surface area contributed by atoms with Gasteiger partial charge in [-0.25, -0.2) is 0 Å². The van der Waals surface area contributed by atoms with Crippen LogP contribution in [-0.2, 0) is 0 Å². The molecule has 0 aromatic heterocycles. The molecule has 0 atom stereocenters. The molecule has 1 aliphatic rings. The fraction of sp³-hybridized carbons (Fsp3) is 0.0476. The Morgan fingerprint density at radius 2 is 1.63 bits per heavy atom. The van der Waals surface area contributed by atoms with Crippen LogP contribution in [0.3, 0.4) is 0 Å². The zero-order valence-corrected chi connectivity index (χ0v) is 14.8. The Kier molecular flexibility index (Phi) is 4.52. The minimum Gasteiger partial charge on any atom is -0.454 e. The lowest BCUT2D eigenvalue weighted by molar-refractivity contribution is 0.102. The lowest BCUT2D eigenvalue weighted by atomic mass is 10.0. The van der Waals surface area contributed by atoms with E-state index in [9.17, 15) is 9.59 Å². The first-order chi connectivity index (χ1) is 13.1. The summed E-state index contributed by atoms with van der Waals surface area (Å²) in [4.78, 5) is 25.1. The van der Waals surface area contributed by atoms with E-state index < -0.39 is 0 Å². The third kappa shape index (κ3) is 3.50. The van der Waals surface area contributed by atoms with Gasteiger partial charge < -0.3 is 14.8 Å². The summed E-state index contributed by atoms with van der Waals surface area (Å²) < 4.78 is 10.5. The molecule has 27 heavy (non-hydrogen) atoms. The molecule has 0 unspecified atom stereocenters. The van der Waals surface area contributed by atoms with E-state index in [1.165, 1.54) is 6.07 Å². The van der Waals surface area contributed by atoms with Gasteiger partial charge in [-0.1, -0.05) is 54.1 Å². The van der Waals surface area contributed by atoms with E-state index in [2.05, 4.69) is 5.32 Å². The first-order valence-corrected chi connectivity index (χ1v) is 8.60. The summed E-state index contributed by atoms with van der Waals surface area (Å²) in [5.41, 5.74) is 1.92. The predicted octanol–water partition coefficient (Wildman–Crippen LogP) is 4.55. The van der Waals surface area contributed by atoms with Crippen LogP contribution in [0.2, 0.25) is 5.02 Å². The van der Waals surface area contributed by atoms with Crippen LogP contribution in [0.5, 0.6) is 11.5 Å². The Morgan fingerprint density at radius 1 is 0.852 bits per heavy atom. The van der Waals surface area contributed by atoms with Gasteiger partial charge in [0.15, 0.2) is 17.3 Å². The summed E-state index contributed by atoms with van der Waals surface area (Å²) >= 11 is 6.13. The van der Waals surface area contributed by atoms with Gasteiger partial charge in [0, 0.05) is 22.4 Å². The highest BCUT2D eigenvalue weighted by molar-refractivity contribution is 6.33. The van der Waals surface area contributed by atoms with Crippen LogP contribution < -0.4 is 14.8 Å². The molecule has 0 saturated heterocycles. The zero-order chi connectivity index (χ0) is 18.8. The molecule has 3 aromatic carbocycles. The zero-order valence-electron chi connectivity index (χ0n) is 14.1. The van der Waals surface area contributed by atoms with Crippen LogP contribution in [0.4, 0.5) is 5.69 Å². The Labute approximate surface area is 160 Å². The van der Waals surface area contributed by atoms with E-state index in [-0.39, 0.29) is 18.5 Å². The topological polar surface area (TPSA) is 64.6 Å². The number of carbonyl (C=O) groups is 2. The SMILES string of the molecule is O=C(Nc1cccc(C(=O)c2ccccc2)c1)c1cc(Cl)c2c(c1)OCO2. The Morgan fingerprint density at radius 3 is 2.44 bits per heavy atom. The van der Waals surface area contributed by atoms with Gasteiger partial charge in [0.25, 0.3) is 5.91 Å². The van der Waals surface area contributed by atoms with Gasteiger partial charge in [0.05, 0.1) is 5.02 Å². The summed E-state index contributed by atoms with van der Waals surface area (Å²) in [5.74, 6) is 0.390. The number of hydrogen-bond acceptors (Lipinski definition) is 4. The van der Waals surface area contributed by atoms with Crippen molar-refractivity contribution in [1.29, 1.82) is 0 Å². The minimum absolute atomic E-state index is 0.0732. The van der Waals surface area contributed by atoms with E-state index in [1.807, 2.05) is 18.2 Å². The first-order valence-electron chi connectivity index (χ1n) is 8.22. The minimum atomic E-state index is -0.362. The molecule has 0 fully saturated rings. The van der Waals surface area contributed by atoms with Crippen molar-refractivity contribution in [3.63, 3.8) is 0 Å². The maximum Gasteiger partial charge on any atom is 0.255 e. The van der Waals surface area contributed by atoms with Gasteiger partial charge in [-0.3, -0.25) is 9.59 Å². The third-order valence-electron chi connectivity index (χ3n) is 4.11. The Bertz CT molecular complexity index is 1030. The average molecular weight is 380 g/mol. The number of ether oxygens (including phenoxy) is 2. The maximum atomic E-state index is 12.6. The van der Waals surface area contributed by atoms with E-state index >= 15 is 0 Å². The summed E-state index contributed by atoms with van der Waals surface area (Å²) in [5, 5.41) is 3.09. The van der Waals surface area contributed by atoms with Crippen molar-refractivity contribution in [3.05, 3.63) is 88.4 Å². The van der Waals surface area contributed by atoms with Crippen molar-refractivity contribution < 1.29 is 19.1 Å². The molecule has 4 rings (SSSR count). The number of rotatable bonds is 4. The molecule has 0 spiro atoms. The number of anilines is 1. The molecule has 5 nitrogen and oxygen atoms in total. The first kappa shape index (κ1) is 17.1. The van der Waals surface area contributed by atoms with Crippen molar-refractivity contribution in [3.8, 4) is 11.5 Å². The quantitative estimate of drug-likeness (QED) is 0.675. The predicted molar refractivity (Wildman–Crippen MR) is 102 cm³/mol. The van der Waals surface area contributed by atoms with Crippen LogP contribution in [0.15, 0.2) is 66.7 Å². The molecule has 0 bridgehead atoms.